The molecule has 6 rings (SSSR count). The van der Waals surface area contributed by atoms with Gasteiger partial charge in [0.25, 0.3) is 17.7 Å². The zero-order valence-electron chi connectivity index (χ0n) is 31.9. The molecular weight excluding hydrogens is 745 g/mol. The number of fused-ring (bicyclic) bond motifs is 1. The van der Waals surface area contributed by atoms with Gasteiger partial charge in [0.15, 0.2) is 0 Å². The van der Waals surface area contributed by atoms with Gasteiger partial charge in [-0.15, -0.1) is 0 Å². The van der Waals surface area contributed by atoms with E-state index in [0.717, 1.165) is 21.0 Å². The van der Waals surface area contributed by atoms with Crippen LogP contribution in [0, 0.1) is 0 Å². The molecule has 58 heavy (non-hydrogen) atoms. The first kappa shape index (κ1) is 40.8. The van der Waals surface area contributed by atoms with Crippen LogP contribution in [0.1, 0.15) is 50.2 Å². The van der Waals surface area contributed by atoms with Gasteiger partial charge >= 0.3 is 12.0 Å². The van der Waals surface area contributed by atoms with Crippen LogP contribution < -0.4 is 16.1 Å². The molecule has 15 nitrogen and oxygen atoms in total. The summed E-state index contributed by atoms with van der Waals surface area (Å²) in [4.78, 5) is 96.6. The van der Waals surface area contributed by atoms with Crippen LogP contribution in [0.4, 0.5) is 4.79 Å². The van der Waals surface area contributed by atoms with Crippen molar-refractivity contribution in [2.75, 3.05) is 26.8 Å². The largest absolute Gasteiger partial charge is 0.467 e. The number of rotatable bonds is 15. The van der Waals surface area contributed by atoms with Crippen molar-refractivity contribution in [3.05, 3.63) is 143 Å². The molecule has 15 heteroatoms. The van der Waals surface area contributed by atoms with Gasteiger partial charge in [0.05, 0.1) is 38.0 Å². The molecule has 2 heterocycles. The lowest BCUT2D eigenvalue weighted by atomic mass is 10.1. The standard InChI is InChI=1S/C43H44N6O9/c1-57-42(55)34(24-29-14-5-2-6-15-29)44-38(51)36-22-13-23-47(36)41(54)35(28-58-27-31-18-9-4-10-19-31)45-43(56)49(25-30-16-7-3-8-17-30)46-37(50)26-48-39(52)32-20-11-12-21-33(32)40(48)53/h2-12,14-21,34-36H,13,22-28H2,1H3,(H,44,51)(H,45,56)(H,46,50)/t34-,35-,36+/m0/s1. The van der Waals surface area contributed by atoms with Gasteiger partial charge in [0.2, 0.25) is 11.8 Å². The highest BCUT2D eigenvalue weighted by Crippen LogP contribution is 2.23. The van der Waals surface area contributed by atoms with Crippen molar-refractivity contribution < 1.29 is 43.0 Å². The molecule has 3 atom stereocenters. The number of carbonyl (C=O) groups excluding carboxylic acids is 7. The van der Waals surface area contributed by atoms with Gasteiger partial charge in [-0.2, -0.15) is 0 Å². The summed E-state index contributed by atoms with van der Waals surface area (Å²) in [5, 5.41) is 6.41. The number of urea groups is 1. The molecule has 4 aromatic rings. The van der Waals surface area contributed by atoms with E-state index in [0.29, 0.717) is 18.4 Å². The maximum atomic E-state index is 14.4. The lowest BCUT2D eigenvalue weighted by Gasteiger charge is -2.31. The Morgan fingerprint density at radius 1 is 0.741 bits per heavy atom. The number of methoxy groups -OCH3 is 1. The van der Waals surface area contributed by atoms with Crippen LogP contribution in [0.25, 0.3) is 0 Å². The van der Waals surface area contributed by atoms with Crippen LogP contribution in [0.15, 0.2) is 115 Å². The van der Waals surface area contributed by atoms with E-state index in [9.17, 15) is 33.6 Å². The molecule has 0 radical (unpaired) electrons. The molecule has 0 aliphatic carbocycles. The summed E-state index contributed by atoms with van der Waals surface area (Å²) < 4.78 is 10.9. The quantitative estimate of drug-likeness (QED) is 0.0927. The minimum absolute atomic E-state index is 0.107. The van der Waals surface area contributed by atoms with Gasteiger partial charge in [-0.25, -0.2) is 14.6 Å². The maximum absolute atomic E-state index is 14.4. The molecule has 1 saturated heterocycles. The average Bonchev–Trinajstić information content (AvgIpc) is 3.83. The fraction of sp³-hybridized carbons (Fsp3) is 0.279. The van der Waals surface area contributed by atoms with E-state index in [1.807, 2.05) is 60.7 Å². The van der Waals surface area contributed by atoms with Crippen LogP contribution >= 0.6 is 0 Å². The highest BCUT2D eigenvalue weighted by atomic mass is 16.5. The molecule has 0 unspecified atom stereocenters. The first-order chi connectivity index (χ1) is 28.1. The monoisotopic (exact) mass is 788 g/mol. The van der Waals surface area contributed by atoms with Crippen LogP contribution in [0.3, 0.4) is 0 Å². The molecule has 3 N–H and O–H groups in total. The molecule has 0 aromatic heterocycles. The minimum atomic E-state index is -1.34. The lowest BCUT2D eigenvalue weighted by molar-refractivity contribution is -0.146. The second kappa shape index (κ2) is 19.3. The zero-order chi connectivity index (χ0) is 41.0. The molecule has 7 amide bonds. The van der Waals surface area contributed by atoms with Gasteiger partial charge in [-0.3, -0.25) is 34.3 Å². The normalized spacial score (nSPS) is 15.6. The first-order valence-corrected chi connectivity index (χ1v) is 18.8. The third kappa shape index (κ3) is 10.1. The molecule has 300 valence electrons. The Morgan fingerprint density at radius 2 is 1.31 bits per heavy atom. The number of hydrazine groups is 1. The average molecular weight is 789 g/mol. The Bertz CT molecular complexity index is 2080. The molecule has 2 aliphatic heterocycles. The van der Waals surface area contributed by atoms with E-state index in [1.165, 1.54) is 24.1 Å². The van der Waals surface area contributed by atoms with Crippen molar-refractivity contribution in [3.8, 4) is 0 Å². The van der Waals surface area contributed by atoms with Crippen LogP contribution in [0.2, 0.25) is 0 Å². The predicted molar refractivity (Wildman–Crippen MR) is 209 cm³/mol. The predicted octanol–water partition coefficient (Wildman–Crippen LogP) is 3.00. The van der Waals surface area contributed by atoms with Crippen molar-refractivity contribution in [3.63, 3.8) is 0 Å². The molecule has 4 aromatic carbocycles. The van der Waals surface area contributed by atoms with E-state index in [1.54, 1.807) is 42.5 Å². The number of nitrogens with zero attached hydrogens (tertiary/aromatic N) is 3. The maximum Gasteiger partial charge on any atom is 0.337 e. The smallest absolute Gasteiger partial charge is 0.337 e. The van der Waals surface area contributed by atoms with Crippen LogP contribution in [-0.2, 0) is 48.2 Å². The SMILES string of the molecule is COC(=O)[C@H](Cc1ccccc1)NC(=O)[C@H]1CCCN1C(=O)[C@H](COCc1ccccc1)NC(=O)N(Cc1ccccc1)NC(=O)CN1C(=O)c2ccccc2C1=O. The summed E-state index contributed by atoms with van der Waals surface area (Å²) in [5.74, 6) is -3.93. The van der Waals surface area contributed by atoms with E-state index in [-0.39, 0.29) is 43.9 Å². The van der Waals surface area contributed by atoms with Crippen molar-refractivity contribution in [2.45, 2.75) is 50.5 Å². The number of hydrogen-bond acceptors (Lipinski definition) is 9. The number of likely N-dealkylation sites (tertiary alicyclic amines) is 1. The summed E-state index contributed by atoms with van der Waals surface area (Å²) in [6.07, 6.45) is 0.948. The van der Waals surface area contributed by atoms with Crippen molar-refractivity contribution >= 4 is 41.5 Å². The number of nitrogens with one attached hydrogen (secondary N) is 3. The third-order valence-electron chi connectivity index (χ3n) is 9.78. The second-order valence-corrected chi connectivity index (χ2v) is 13.8. The Kier molecular flexibility index (Phi) is 13.6. The van der Waals surface area contributed by atoms with Gasteiger partial charge < -0.3 is 25.0 Å². The van der Waals surface area contributed by atoms with Gasteiger partial charge in [0, 0.05) is 13.0 Å². The molecular formula is C43H44N6O9. The summed E-state index contributed by atoms with van der Waals surface area (Å²) in [7, 11) is 1.23. The van der Waals surface area contributed by atoms with Gasteiger partial charge in [0.1, 0.15) is 24.7 Å². The van der Waals surface area contributed by atoms with E-state index in [2.05, 4.69) is 16.1 Å². The molecule has 2 aliphatic rings. The second-order valence-electron chi connectivity index (χ2n) is 13.8. The van der Waals surface area contributed by atoms with Crippen LogP contribution in [-0.4, -0.2) is 101 Å². The van der Waals surface area contributed by atoms with E-state index in [4.69, 9.17) is 9.47 Å². The Hall–Kier alpha value is -6.87. The number of benzene rings is 4. The third-order valence-corrected chi connectivity index (χ3v) is 9.78. The van der Waals surface area contributed by atoms with Crippen molar-refractivity contribution in [2.24, 2.45) is 0 Å². The topological polar surface area (TPSA) is 184 Å². The number of ether oxygens (including phenoxy) is 2. The van der Waals surface area contributed by atoms with Crippen LogP contribution in [0.5, 0.6) is 0 Å². The number of carbonyl (C=O) groups is 7. The first-order valence-electron chi connectivity index (χ1n) is 18.8. The van der Waals surface area contributed by atoms with Gasteiger partial charge in [-0.1, -0.05) is 103 Å². The lowest BCUT2D eigenvalue weighted by Crippen LogP contribution is -2.60. The number of amides is 7. The Morgan fingerprint density at radius 3 is 1.91 bits per heavy atom. The van der Waals surface area contributed by atoms with E-state index < -0.39 is 66.2 Å². The number of hydrogen-bond donors (Lipinski definition) is 3. The molecule has 0 bridgehead atoms. The summed E-state index contributed by atoms with van der Waals surface area (Å²) >= 11 is 0. The molecule has 0 saturated carbocycles. The number of esters is 1. The molecule has 0 spiro atoms. The Balaban J connectivity index is 1.19. The Labute approximate surface area is 335 Å². The number of imide groups is 1. The highest BCUT2D eigenvalue weighted by molar-refractivity contribution is 6.22. The zero-order valence-corrected chi connectivity index (χ0v) is 31.9. The molecule has 1 fully saturated rings. The fourth-order valence-electron chi connectivity index (χ4n) is 6.87. The summed E-state index contributed by atoms with van der Waals surface area (Å²) in [6, 6.07) is 29.1. The summed E-state index contributed by atoms with van der Waals surface area (Å²) in [6.45, 7) is -0.832. The van der Waals surface area contributed by atoms with Crippen molar-refractivity contribution in [1.82, 2.24) is 30.9 Å². The highest BCUT2D eigenvalue weighted by Gasteiger charge is 2.40. The fourth-order valence-corrected chi connectivity index (χ4v) is 6.87. The van der Waals surface area contributed by atoms with E-state index >= 15 is 0 Å². The minimum Gasteiger partial charge on any atom is -0.467 e. The van der Waals surface area contributed by atoms with Crippen molar-refractivity contribution in [1.29, 1.82) is 0 Å². The van der Waals surface area contributed by atoms with Gasteiger partial charge in [-0.05, 0) is 41.7 Å². The summed E-state index contributed by atoms with van der Waals surface area (Å²) in [5.41, 5.74) is 5.07.